The van der Waals surface area contributed by atoms with Gasteiger partial charge in [-0.05, 0) is 26.0 Å². The summed E-state index contributed by atoms with van der Waals surface area (Å²) in [6, 6.07) is 4.64. The first-order valence-electron chi connectivity index (χ1n) is 6.29. The Morgan fingerprint density at radius 2 is 1.95 bits per heavy atom. The van der Waals surface area contributed by atoms with Gasteiger partial charge in [-0.15, -0.1) is 5.10 Å². The average Bonchev–Trinajstić information content (AvgIpc) is 2.47. The summed E-state index contributed by atoms with van der Waals surface area (Å²) < 4.78 is 0.937. The molecule has 2 aromatic rings. The molecule has 0 spiro atoms. The first-order chi connectivity index (χ1) is 9.91. The van der Waals surface area contributed by atoms with Crippen LogP contribution in [0.25, 0.3) is 10.9 Å². The predicted molar refractivity (Wildman–Crippen MR) is 73.7 cm³/mol. The van der Waals surface area contributed by atoms with E-state index in [9.17, 15) is 14.4 Å². The number of hydrogen-bond acceptors (Lipinski definition) is 5. The van der Waals surface area contributed by atoms with Gasteiger partial charge in [-0.2, -0.15) is 4.68 Å². The molecule has 0 aliphatic rings. The van der Waals surface area contributed by atoms with Gasteiger partial charge in [-0.3, -0.25) is 14.4 Å². The number of rotatable bonds is 4. The van der Waals surface area contributed by atoms with Crippen LogP contribution in [0, 0.1) is 0 Å². The maximum Gasteiger partial charge on any atom is 0.325 e. The minimum absolute atomic E-state index is 0.346. The maximum atomic E-state index is 12.3. The van der Waals surface area contributed by atoms with Crippen LogP contribution in [0.2, 0.25) is 0 Å². The van der Waals surface area contributed by atoms with E-state index in [2.05, 4.69) is 15.6 Å². The Morgan fingerprint density at radius 3 is 2.62 bits per heavy atom. The number of hydrogen-bond donors (Lipinski definition) is 2. The molecule has 2 atom stereocenters. The Kier molecular flexibility index (Phi) is 3.97. The maximum absolute atomic E-state index is 12.3. The number of benzene rings is 1. The Balaban J connectivity index is 2.33. The van der Waals surface area contributed by atoms with E-state index in [4.69, 9.17) is 5.11 Å². The van der Waals surface area contributed by atoms with E-state index in [1.54, 1.807) is 24.3 Å². The third-order valence-electron chi connectivity index (χ3n) is 3.07. The molecule has 0 saturated carbocycles. The number of amides is 1. The van der Waals surface area contributed by atoms with E-state index in [1.165, 1.54) is 13.8 Å². The minimum Gasteiger partial charge on any atom is -0.480 e. The zero-order valence-corrected chi connectivity index (χ0v) is 11.5. The molecule has 1 heterocycles. The summed E-state index contributed by atoms with van der Waals surface area (Å²) in [7, 11) is 0. The second-order valence-corrected chi connectivity index (χ2v) is 4.60. The summed E-state index contributed by atoms with van der Waals surface area (Å²) >= 11 is 0. The Labute approximate surface area is 119 Å². The third kappa shape index (κ3) is 2.88. The lowest BCUT2D eigenvalue weighted by molar-refractivity contribution is -0.141. The van der Waals surface area contributed by atoms with Gasteiger partial charge in [0.25, 0.3) is 5.56 Å². The summed E-state index contributed by atoms with van der Waals surface area (Å²) in [5.74, 6) is -1.77. The summed E-state index contributed by atoms with van der Waals surface area (Å²) in [6.45, 7) is 2.79. The summed E-state index contributed by atoms with van der Waals surface area (Å²) in [5.41, 5.74) is -0.0171. The molecule has 1 aromatic heterocycles. The van der Waals surface area contributed by atoms with Crippen molar-refractivity contribution in [3.63, 3.8) is 0 Å². The zero-order valence-electron chi connectivity index (χ0n) is 11.5. The second-order valence-electron chi connectivity index (χ2n) is 4.60. The van der Waals surface area contributed by atoms with Crippen molar-refractivity contribution in [3.05, 3.63) is 34.6 Å². The van der Waals surface area contributed by atoms with Gasteiger partial charge < -0.3 is 10.4 Å². The number of carbonyl (C=O) groups excluding carboxylic acids is 1. The predicted octanol–water partition coefficient (Wildman–Crippen LogP) is -0.0582. The molecule has 0 bridgehead atoms. The van der Waals surface area contributed by atoms with Gasteiger partial charge >= 0.3 is 5.97 Å². The number of nitrogens with one attached hydrogen (secondary N) is 1. The van der Waals surface area contributed by atoms with Crippen LogP contribution in [-0.4, -0.2) is 38.0 Å². The fourth-order valence-corrected chi connectivity index (χ4v) is 1.76. The third-order valence-corrected chi connectivity index (χ3v) is 3.07. The van der Waals surface area contributed by atoms with Crippen molar-refractivity contribution in [3.8, 4) is 0 Å². The topological polar surface area (TPSA) is 114 Å². The molecule has 8 heteroatoms. The Morgan fingerprint density at radius 1 is 1.29 bits per heavy atom. The Hall–Kier alpha value is -2.77. The number of carbonyl (C=O) groups is 2. The molecule has 0 aliphatic carbocycles. The summed E-state index contributed by atoms with van der Waals surface area (Å²) in [5, 5.41) is 19.0. The summed E-state index contributed by atoms with van der Waals surface area (Å²) in [6.07, 6.45) is 0. The minimum atomic E-state index is -1.16. The SMILES string of the molecule is C[C@H](NC(=O)[C@H](C)n1nnc2ccccc2c1=O)C(=O)O. The van der Waals surface area contributed by atoms with Crippen LogP contribution >= 0.6 is 0 Å². The smallest absolute Gasteiger partial charge is 0.325 e. The largest absolute Gasteiger partial charge is 0.480 e. The molecular weight excluding hydrogens is 276 g/mol. The van der Waals surface area contributed by atoms with Crippen LogP contribution in [0.1, 0.15) is 19.9 Å². The van der Waals surface area contributed by atoms with Gasteiger partial charge in [0.1, 0.15) is 17.6 Å². The number of carboxylic acid groups (broad SMARTS) is 1. The molecule has 110 valence electrons. The lowest BCUT2D eigenvalue weighted by atomic mass is 10.2. The normalized spacial score (nSPS) is 13.6. The zero-order chi connectivity index (χ0) is 15.6. The fraction of sp³-hybridized carbons (Fsp3) is 0.308. The molecule has 0 aliphatic heterocycles. The molecule has 0 radical (unpaired) electrons. The van der Waals surface area contributed by atoms with Gasteiger partial charge in [0, 0.05) is 0 Å². The number of aromatic nitrogens is 3. The molecule has 0 saturated heterocycles. The van der Waals surface area contributed by atoms with Crippen LogP contribution in [0.15, 0.2) is 29.1 Å². The van der Waals surface area contributed by atoms with E-state index >= 15 is 0 Å². The van der Waals surface area contributed by atoms with Gasteiger partial charge in [-0.1, -0.05) is 17.3 Å². The van der Waals surface area contributed by atoms with Crippen LogP contribution in [0.3, 0.4) is 0 Å². The van der Waals surface area contributed by atoms with E-state index < -0.39 is 29.5 Å². The molecule has 0 unspecified atom stereocenters. The van der Waals surface area contributed by atoms with Crippen LogP contribution in [-0.2, 0) is 9.59 Å². The number of aliphatic carboxylic acids is 1. The van der Waals surface area contributed by atoms with Crippen molar-refractivity contribution in [2.75, 3.05) is 0 Å². The first-order valence-corrected chi connectivity index (χ1v) is 6.29. The lowest BCUT2D eigenvalue weighted by Gasteiger charge is -2.15. The van der Waals surface area contributed by atoms with E-state index in [0.717, 1.165) is 4.68 Å². The van der Waals surface area contributed by atoms with E-state index in [0.29, 0.717) is 10.9 Å². The molecule has 21 heavy (non-hydrogen) atoms. The quantitative estimate of drug-likeness (QED) is 0.815. The van der Waals surface area contributed by atoms with Crippen molar-refractivity contribution < 1.29 is 14.7 Å². The first kappa shape index (κ1) is 14.6. The van der Waals surface area contributed by atoms with Crippen molar-refractivity contribution in [2.45, 2.75) is 25.9 Å². The van der Waals surface area contributed by atoms with Crippen molar-refractivity contribution in [1.29, 1.82) is 0 Å². The van der Waals surface area contributed by atoms with E-state index in [-0.39, 0.29) is 0 Å². The molecule has 8 nitrogen and oxygen atoms in total. The molecular formula is C13H14N4O4. The lowest BCUT2D eigenvalue weighted by Crippen LogP contribution is -2.44. The van der Waals surface area contributed by atoms with Crippen molar-refractivity contribution in [2.24, 2.45) is 0 Å². The highest BCUT2D eigenvalue weighted by atomic mass is 16.4. The number of fused-ring (bicyclic) bond motifs is 1. The molecule has 2 rings (SSSR count). The van der Waals surface area contributed by atoms with Crippen LogP contribution in [0.5, 0.6) is 0 Å². The monoisotopic (exact) mass is 290 g/mol. The highest BCUT2D eigenvalue weighted by Gasteiger charge is 2.22. The molecule has 1 aromatic carbocycles. The van der Waals surface area contributed by atoms with E-state index in [1.807, 2.05) is 0 Å². The molecule has 0 fully saturated rings. The van der Waals surface area contributed by atoms with Crippen molar-refractivity contribution in [1.82, 2.24) is 20.3 Å². The van der Waals surface area contributed by atoms with Crippen molar-refractivity contribution >= 4 is 22.8 Å². The van der Waals surface area contributed by atoms with Gasteiger partial charge in [0.2, 0.25) is 5.91 Å². The summed E-state index contributed by atoms with van der Waals surface area (Å²) in [4.78, 5) is 34.9. The van der Waals surface area contributed by atoms with Gasteiger partial charge in [0.15, 0.2) is 0 Å². The highest BCUT2D eigenvalue weighted by Crippen LogP contribution is 2.06. The highest BCUT2D eigenvalue weighted by molar-refractivity contribution is 5.85. The number of carboxylic acids is 1. The average molecular weight is 290 g/mol. The Bertz CT molecular complexity index is 755. The van der Waals surface area contributed by atoms with Crippen LogP contribution in [0.4, 0.5) is 0 Å². The number of nitrogens with zero attached hydrogens (tertiary/aromatic N) is 3. The van der Waals surface area contributed by atoms with Gasteiger partial charge in [-0.25, -0.2) is 0 Å². The fourth-order valence-electron chi connectivity index (χ4n) is 1.76. The second kappa shape index (κ2) is 5.70. The standard InChI is InChI=1S/C13H14N4O4/c1-7(13(20)21)14-11(18)8(2)17-12(19)9-5-3-4-6-10(9)15-16-17/h3-8H,1-2H3,(H,14,18)(H,20,21)/t7-,8-/m0/s1. The molecule has 1 amide bonds. The van der Waals surface area contributed by atoms with Gasteiger partial charge in [0.05, 0.1) is 5.39 Å². The van der Waals surface area contributed by atoms with Crippen LogP contribution < -0.4 is 10.9 Å². The molecule has 2 N–H and O–H groups in total.